The van der Waals surface area contributed by atoms with E-state index in [9.17, 15) is 9.59 Å². The average Bonchev–Trinajstić information content (AvgIpc) is 3.29. The third-order valence-corrected chi connectivity index (χ3v) is 8.30. The third kappa shape index (κ3) is 5.96. The van der Waals surface area contributed by atoms with Crippen LogP contribution in [0.2, 0.25) is 0 Å². The molecule has 0 bridgehead atoms. The lowest BCUT2D eigenvalue weighted by Gasteiger charge is -2.41. The molecule has 3 fully saturated rings. The minimum absolute atomic E-state index is 0. The monoisotopic (exact) mass is 458 g/mol. The second-order valence-corrected chi connectivity index (χ2v) is 10.4. The van der Waals surface area contributed by atoms with E-state index in [4.69, 9.17) is 0 Å². The minimum atomic E-state index is -0.382. The molecule has 3 aliphatic rings. The molecule has 33 heavy (non-hydrogen) atoms. The number of carbonyl (C=O) groups is 2. The molecule has 0 radical (unpaired) electrons. The number of nitrogens with zero attached hydrogens (tertiary/aromatic N) is 2. The molecule has 186 valence electrons. The minimum Gasteiger partial charge on any atom is -0.343 e. The number of carbonyl (C=O) groups excluding carboxylic acids is 2. The van der Waals surface area contributed by atoms with E-state index in [1.54, 1.807) is 7.05 Å². The van der Waals surface area contributed by atoms with Crippen LogP contribution >= 0.6 is 0 Å². The van der Waals surface area contributed by atoms with Gasteiger partial charge in [-0.2, -0.15) is 0 Å². The smallest absolute Gasteiger partial charge is 0.245 e. The van der Waals surface area contributed by atoms with Gasteiger partial charge in [0.1, 0.15) is 6.04 Å². The van der Waals surface area contributed by atoms with E-state index in [2.05, 4.69) is 50.8 Å². The standard InChI is InChI=1S/C27H42N4O2.2H2/c1-20(28-2)26(32)29-25(23-11-7-4-8-12-23)27(33)31-18-15-22-14-17-30(19-24(22)31)16-13-21-9-5-3-6-10-21;;/h3,5-6,9-10,20,22-25,28H,4,7-8,11-19H2,1-2H3,(H,29,32);2*1H/t20-,22+,24+,25-;;/m0../s1. The van der Waals surface area contributed by atoms with E-state index in [-0.39, 0.29) is 38.7 Å². The largest absolute Gasteiger partial charge is 0.343 e. The Hall–Kier alpha value is -1.92. The molecular formula is C27H46N4O2. The molecule has 6 nitrogen and oxygen atoms in total. The summed E-state index contributed by atoms with van der Waals surface area (Å²) < 4.78 is 0. The first-order valence-corrected chi connectivity index (χ1v) is 13.1. The lowest BCUT2D eigenvalue weighted by molar-refractivity contribution is -0.140. The van der Waals surface area contributed by atoms with E-state index < -0.39 is 0 Å². The molecule has 6 heteroatoms. The first kappa shape index (κ1) is 24.2. The molecule has 2 heterocycles. The van der Waals surface area contributed by atoms with Gasteiger partial charge in [0, 0.05) is 28.5 Å². The van der Waals surface area contributed by atoms with Crippen molar-refractivity contribution in [3.63, 3.8) is 0 Å². The Morgan fingerprint density at radius 1 is 1.06 bits per heavy atom. The second-order valence-electron chi connectivity index (χ2n) is 10.4. The molecule has 2 amide bonds. The van der Waals surface area contributed by atoms with Crippen LogP contribution in [-0.4, -0.2) is 73.0 Å². The van der Waals surface area contributed by atoms with Crippen molar-refractivity contribution in [1.82, 2.24) is 20.4 Å². The zero-order valence-electron chi connectivity index (χ0n) is 20.5. The van der Waals surface area contributed by atoms with Crippen molar-refractivity contribution in [3.05, 3.63) is 35.9 Å². The van der Waals surface area contributed by atoms with Gasteiger partial charge in [-0.05, 0) is 70.0 Å². The van der Waals surface area contributed by atoms with Crippen LogP contribution < -0.4 is 10.6 Å². The van der Waals surface area contributed by atoms with Crippen LogP contribution in [0.25, 0.3) is 0 Å². The van der Waals surface area contributed by atoms with Crippen molar-refractivity contribution in [2.24, 2.45) is 11.8 Å². The van der Waals surface area contributed by atoms with Crippen molar-refractivity contribution in [2.75, 3.05) is 33.2 Å². The second kappa shape index (κ2) is 11.5. The number of nitrogens with one attached hydrogen (secondary N) is 2. The van der Waals surface area contributed by atoms with E-state index in [0.29, 0.717) is 5.92 Å². The summed E-state index contributed by atoms with van der Waals surface area (Å²) in [5.74, 6) is 0.957. The Balaban J connectivity index is 0.00000216. The van der Waals surface area contributed by atoms with Crippen LogP contribution in [0.1, 0.15) is 60.3 Å². The predicted octanol–water partition coefficient (Wildman–Crippen LogP) is 3.32. The Bertz CT molecular complexity index is 791. The zero-order chi connectivity index (χ0) is 23.2. The van der Waals surface area contributed by atoms with E-state index in [1.165, 1.54) is 18.4 Å². The van der Waals surface area contributed by atoms with Gasteiger partial charge in [-0.3, -0.25) is 9.59 Å². The highest BCUT2D eigenvalue weighted by Gasteiger charge is 2.44. The molecule has 1 aliphatic carbocycles. The molecule has 0 unspecified atom stereocenters. The highest BCUT2D eigenvalue weighted by atomic mass is 16.2. The van der Waals surface area contributed by atoms with Crippen molar-refractivity contribution < 1.29 is 12.4 Å². The first-order valence-electron chi connectivity index (χ1n) is 13.1. The SMILES string of the molecule is CN[C@@H](C)C(=O)N[C@H](C(=O)N1CC[C@H]2CCN(CCc3ccccc3)C[C@H]21)C1CCCCC1.[HH].[HH]. The summed E-state index contributed by atoms with van der Waals surface area (Å²) in [6.07, 6.45) is 8.95. The molecule has 2 N–H and O–H groups in total. The normalized spacial score (nSPS) is 25.9. The fourth-order valence-electron chi connectivity index (χ4n) is 6.05. The summed E-state index contributed by atoms with van der Waals surface area (Å²) in [5.41, 5.74) is 1.37. The summed E-state index contributed by atoms with van der Waals surface area (Å²) in [5, 5.41) is 6.18. The Morgan fingerprint density at radius 3 is 2.52 bits per heavy atom. The molecule has 2 saturated heterocycles. The van der Waals surface area contributed by atoms with E-state index >= 15 is 0 Å². The molecule has 1 saturated carbocycles. The van der Waals surface area contributed by atoms with Crippen LogP contribution in [0.5, 0.6) is 0 Å². The highest BCUT2D eigenvalue weighted by Crippen LogP contribution is 2.34. The van der Waals surface area contributed by atoms with Gasteiger partial charge in [-0.25, -0.2) is 0 Å². The molecule has 4 rings (SSSR count). The van der Waals surface area contributed by atoms with Gasteiger partial charge < -0.3 is 20.4 Å². The van der Waals surface area contributed by atoms with Gasteiger partial charge in [-0.15, -0.1) is 0 Å². The van der Waals surface area contributed by atoms with Crippen LogP contribution in [0.15, 0.2) is 30.3 Å². The maximum atomic E-state index is 13.9. The third-order valence-electron chi connectivity index (χ3n) is 8.30. The predicted molar refractivity (Wildman–Crippen MR) is 136 cm³/mol. The number of likely N-dealkylation sites (N-methyl/N-ethyl adjacent to an activating group) is 1. The van der Waals surface area contributed by atoms with Crippen LogP contribution in [0.4, 0.5) is 0 Å². The number of fused-ring (bicyclic) bond motifs is 1. The van der Waals surface area contributed by atoms with Gasteiger partial charge in [0.05, 0.1) is 6.04 Å². The van der Waals surface area contributed by atoms with E-state index in [1.807, 2.05) is 6.92 Å². The quantitative estimate of drug-likeness (QED) is 0.627. The van der Waals surface area contributed by atoms with Crippen molar-refractivity contribution in [1.29, 1.82) is 0 Å². The number of likely N-dealkylation sites (tertiary alicyclic amines) is 2. The van der Waals surface area contributed by atoms with Crippen molar-refractivity contribution >= 4 is 11.8 Å². The Morgan fingerprint density at radius 2 is 1.79 bits per heavy atom. The maximum absolute atomic E-state index is 13.9. The molecule has 0 spiro atoms. The van der Waals surface area contributed by atoms with Crippen molar-refractivity contribution in [3.8, 4) is 0 Å². The number of rotatable bonds is 8. The molecule has 2 aliphatic heterocycles. The molecule has 4 atom stereocenters. The van der Waals surface area contributed by atoms with Crippen molar-refractivity contribution in [2.45, 2.75) is 76.4 Å². The number of piperidine rings is 1. The summed E-state index contributed by atoms with van der Waals surface area (Å²) in [4.78, 5) is 31.3. The first-order chi connectivity index (χ1) is 16.1. The van der Waals surface area contributed by atoms with Gasteiger partial charge in [0.15, 0.2) is 0 Å². The topological polar surface area (TPSA) is 64.7 Å². The summed E-state index contributed by atoms with van der Waals surface area (Å²) >= 11 is 0. The lowest BCUT2D eigenvalue weighted by atomic mass is 9.83. The van der Waals surface area contributed by atoms with E-state index in [0.717, 1.165) is 64.7 Å². The average molecular weight is 459 g/mol. The Kier molecular flexibility index (Phi) is 8.42. The maximum Gasteiger partial charge on any atom is 0.245 e. The van der Waals surface area contributed by atoms with Gasteiger partial charge in [-0.1, -0.05) is 49.6 Å². The van der Waals surface area contributed by atoms with Crippen LogP contribution in [0, 0.1) is 11.8 Å². The summed E-state index contributed by atoms with van der Waals surface area (Å²) in [6, 6.07) is 10.3. The van der Waals surface area contributed by atoms with Gasteiger partial charge in [0.2, 0.25) is 11.8 Å². The number of hydrogen-bond donors (Lipinski definition) is 2. The molecule has 0 aromatic heterocycles. The zero-order valence-corrected chi connectivity index (χ0v) is 20.5. The number of benzene rings is 1. The van der Waals surface area contributed by atoms with Crippen LogP contribution in [0.3, 0.4) is 0 Å². The summed E-state index contributed by atoms with van der Waals surface area (Å²) in [6.45, 7) is 5.81. The summed E-state index contributed by atoms with van der Waals surface area (Å²) in [7, 11) is 1.79. The van der Waals surface area contributed by atoms with Gasteiger partial charge in [0.25, 0.3) is 0 Å². The van der Waals surface area contributed by atoms with Gasteiger partial charge >= 0.3 is 0 Å². The Labute approximate surface area is 202 Å². The highest BCUT2D eigenvalue weighted by molar-refractivity contribution is 5.90. The molecular weight excluding hydrogens is 412 g/mol. The lowest BCUT2D eigenvalue weighted by Crippen LogP contribution is -2.58. The van der Waals surface area contributed by atoms with Crippen LogP contribution in [-0.2, 0) is 16.0 Å². The number of amides is 2. The molecule has 1 aromatic rings. The fourth-order valence-corrected chi connectivity index (χ4v) is 6.05. The number of hydrogen-bond acceptors (Lipinski definition) is 4. The molecule has 1 aromatic carbocycles. The fraction of sp³-hybridized carbons (Fsp3) is 0.704.